The molecule has 0 unspecified atom stereocenters. The minimum atomic E-state index is -0.907. The maximum Gasteiger partial charge on any atom is 0.313 e. The summed E-state index contributed by atoms with van der Waals surface area (Å²) in [6, 6.07) is 11.7. The van der Waals surface area contributed by atoms with Crippen molar-refractivity contribution in [2.24, 2.45) is 0 Å². The standard InChI is InChI=1S/C18H19FN2O3/c1-12-3-8-15(19)16(9-12)21-18(23)17(22)20-10-13-4-6-14(7-5-13)11-24-2/h3-9H,10-11H2,1-2H3,(H,20,22)(H,21,23). The number of halogens is 1. The third-order valence-electron chi connectivity index (χ3n) is 3.36. The smallest absolute Gasteiger partial charge is 0.313 e. The van der Waals surface area contributed by atoms with Crippen LogP contribution in [0.25, 0.3) is 0 Å². The number of aryl methyl sites for hydroxylation is 1. The lowest BCUT2D eigenvalue weighted by molar-refractivity contribution is -0.136. The predicted octanol–water partition coefficient (Wildman–Crippen LogP) is 2.54. The number of carbonyl (C=O) groups is 2. The van der Waals surface area contributed by atoms with Crippen molar-refractivity contribution in [3.05, 3.63) is 65.0 Å². The van der Waals surface area contributed by atoms with Gasteiger partial charge < -0.3 is 15.4 Å². The molecule has 126 valence electrons. The van der Waals surface area contributed by atoms with Crippen molar-refractivity contribution in [2.75, 3.05) is 12.4 Å². The van der Waals surface area contributed by atoms with Crippen LogP contribution in [0.2, 0.25) is 0 Å². The average Bonchev–Trinajstić information content (AvgIpc) is 2.57. The number of ether oxygens (including phenoxy) is 1. The summed E-state index contributed by atoms with van der Waals surface area (Å²) < 4.78 is 18.6. The third kappa shape index (κ3) is 4.89. The average molecular weight is 330 g/mol. The van der Waals surface area contributed by atoms with Gasteiger partial charge in [-0.3, -0.25) is 9.59 Å². The summed E-state index contributed by atoms with van der Waals surface area (Å²) in [7, 11) is 1.61. The van der Waals surface area contributed by atoms with Crippen molar-refractivity contribution in [2.45, 2.75) is 20.1 Å². The normalized spacial score (nSPS) is 10.3. The highest BCUT2D eigenvalue weighted by Gasteiger charge is 2.15. The van der Waals surface area contributed by atoms with Crippen LogP contribution in [0.3, 0.4) is 0 Å². The van der Waals surface area contributed by atoms with Gasteiger partial charge in [-0.1, -0.05) is 30.3 Å². The zero-order chi connectivity index (χ0) is 17.5. The minimum absolute atomic E-state index is 0.0148. The van der Waals surface area contributed by atoms with E-state index in [0.717, 1.165) is 16.7 Å². The molecule has 0 saturated carbocycles. The van der Waals surface area contributed by atoms with Crippen molar-refractivity contribution in [1.29, 1.82) is 0 Å². The molecular weight excluding hydrogens is 311 g/mol. The first-order valence-corrected chi connectivity index (χ1v) is 7.41. The molecule has 0 heterocycles. The van der Waals surface area contributed by atoms with E-state index in [2.05, 4.69) is 10.6 Å². The monoisotopic (exact) mass is 330 g/mol. The van der Waals surface area contributed by atoms with Gasteiger partial charge in [0.05, 0.1) is 12.3 Å². The number of hydrogen-bond acceptors (Lipinski definition) is 3. The number of carbonyl (C=O) groups excluding carboxylic acids is 2. The Morgan fingerprint density at radius 3 is 2.38 bits per heavy atom. The van der Waals surface area contributed by atoms with Crippen LogP contribution in [0.5, 0.6) is 0 Å². The molecule has 2 amide bonds. The van der Waals surface area contributed by atoms with Crippen LogP contribution in [-0.2, 0) is 27.5 Å². The van der Waals surface area contributed by atoms with Gasteiger partial charge in [0.15, 0.2) is 0 Å². The fraction of sp³-hybridized carbons (Fsp3) is 0.222. The van der Waals surface area contributed by atoms with Gasteiger partial charge >= 0.3 is 11.8 Å². The van der Waals surface area contributed by atoms with Crippen LogP contribution >= 0.6 is 0 Å². The molecular formula is C18H19FN2O3. The quantitative estimate of drug-likeness (QED) is 0.828. The molecule has 24 heavy (non-hydrogen) atoms. The van der Waals surface area contributed by atoms with Crippen LogP contribution in [0, 0.1) is 12.7 Å². The van der Waals surface area contributed by atoms with Crippen LogP contribution in [0.4, 0.5) is 10.1 Å². The number of nitrogens with one attached hydrogen (secondary N) is 2. The number of hydrogen-bond donors (Lipinski definition) is 2. The lowest BCUT2D eigenvalue weighted by atomic mass is 10.1. The van der Waals surface area contributed by atoms with E-state index in [0.29, 0.717) is 6.61 Å². The molecule has 0 bridgehead atoms. The first-order valence-electron chi connectivity index (χ1n) is 7.41. The molecule has 0 aliphatic rings. The van der Waals surface area contributed by atoms with Crippen molar-refractivity contribution in [3.63, 3.8) is 0 Å². The topological polar surface area (TPSA) is 67.4 Å². The van der Waals surface area contributed by atoms with E-state index in [1.165, 1.54) is 12.1 Å². The Bertz CT molecular complexity index is 730. The van der Waals surface area contributed by atoms with Crippen LogP contribution < -0.4 is 10.6 Å². The third-order valence-corrected chi connectivity index (χ3v) is 3.36. The Labute approximate surface area is 139 Å². The number of benzene rings is 2. The van der Waals surface area contributed by atoms with Crippen molar-refractivity contribution in [3.8, 4) is 0 Å². The van der Waals surface area contributed by atoms with Crippen LogP contribution in [0.15, 0.2) is 42.5 Å². The second-order valence-electron chi connectivity index (χ2n) is 5.37. The molecule has 0 atom stereocenters. The summed E-state index contributed by atoms with van der Waals surface area (Å²) >= 11 is 0. The van der Waals surface area contributed by atoms with Gasteiger partial charge in [-0.05, 0) is 35.7 Å². The summed E-state index contributed by atoms with van der Waals surface area (Å²) in [6.45, 7) is 2.48. The van der Waals surface area contributed by atoms with E-state index in [1.54, 1.807) is 20.1 Å². The van der Waals surface area contributed by atoms with E-state index in [9.17, 15) is 14.0 Å². The summed E-state index contributed by atoms with van der Waals surface area (Å²) in [5.74, 6) is -2.32. The molecule has 0 aliphatic heterocycles. The first kappa shape index (κ1) is 17.6. The van der Waals surface area contributed by atoms with Gasteiger partial charge in [-0.15, -0.1) is 0 Å². The molecule has 0 fully saturated rings. The lowest BCUT2D eigenvalue weighted by Crippen LogP contribution is -2.35. The van der Waals surface area contributed by atoms with E-state index < -0.39 is 17.6 Å². The van der Waals surface area contributed by atoms with Gasteiger partial charge in [0.1, 0.15) is 5.82 Å². The second-order valence-corrected chi connectivity index (χ2v) is 5.37. The fourth-order valence-corrected chi connectivity index (χ4v) is 2.10. The Morgan fingerprint density at radius 2 is 1.71 bits per heavy atom. The number of rotatable bonds is 5. The summed E-state index contributed by atoms with van der Waals surface area (Å²) in [5.41, 5.74) is 2.63. The van der Waals surface area contributed by atoms with Gasteiger partial charge in [0.25, 0.3) is 0 Å². The first-order chi connectivity index (χ1) is 11.5. The molecule has 2 aromatic carbocycles. The maximum absolute atomic E-state index is 13.6. The molecule has 6 heteroatoms. The van der Waals surface area contributed by atoms with Gasteiger partial charge in [0, 0.05) is 13.7 Å². The molecule has 2 N–H and O–H groups in total. The number of anilines is 1. The molecule has 0 saturated heterocycles. The highest BCUT2D eigenvalue weighted by molar-refractivity contribution is 6.39. The number of amides is 2. The largest absolute Gasteiger partial charge is 0.380 e. The summed E-state index contributed by atoms with van der Waals surface area (Å²) in [4.78, 5) is 23.7. The number of methoxy groups -OCH3 is 1. The molecule has 2 rings (SSSR count). The van der Waals surface area contributed by atoms with Gasteiger partial charge in [-0.2, -0.15) is 0 Å². The van der Waals surface area contributed by atoms with E-state index in [4.69, 9.17) is 4.74 Å². The molecule has 2 aromatic rings. The minimum Gasteiger partial charge on any atom is -0.380 e. The van der Waals surface area contributed by atoms with Gasteiger partial charge in [0.2, 0.25) is 0 Å². The van der Waals surface area contributed by atoms with E-state index in [-0.39, 0.29) is 12.2 Å². The molecule has 0 spiro atoms. The van der Waals surface area contributed by atoms with E-state index in [1.807, 2.05) is 24.3 Å². The Morgan fingerprint density at radius 1 is 1.04 bits per heavy atom. The zero-order valence-corrected chi connectivity index (χ0v) is 13.6. The molecule has 0 aliphatic carbocycles. The second kappa shape index (κ2) is 8.21. The van der Waals surface area contributed by atoms with Crippen molar-refractivity contribution >= 4 is 17.5 Å². The summed E-state index contributed by atoms with van der Waals surface area (Å²) in [5, 5.41) is 4.77. The molecule has 0 aromatic heterocycles. The predicted molar refractivity (Wildman–Crippen MR) is 88.8 cm³/mol. The van der Waals surface area contributed by atoms with Crippen LogP contribution in [0.1, 0.15) is 16.7 Å². The molecule has 5 nitrogen and oxygen atoms in total. The highest BCUT2D eigenvalue weighted by atomic mass is 19.1. The zero-order valence-electron chi connectivity index (χ0n) is 13.6. The van der Waals surface area contributed by atoms with Gasteiger partial charge in [-0.25, -0.2) is 4.39 Å². The maximum atomic E-state index is 13.6. The lowest BCUT2D eigenvalue weighted by Gasteiger charge is -2.08. The van der Waals surface area contributed by atoms with Crippen LogP contribution in [-0.4, -0.2) is 18.9 Å². The summed E-state index contributed by atoms with van der Waals surface area (Å²) in [6.07, 6.45) is 0. The van der Waals surface area contributed by atoms with Crippen molar-refractivity contribution < 1.29 is 18.7 Å². The SMILES string of the molecule is COCc1ccc(CNC(=O)C(=O)Nc2cc(C)ccc2F)cc1. The highest BCUT2D eigenvalue weighted by Crippen LogP contribution is 2.15. The Kier molecular flexibility index (Phi) is 6.03. The fourth-order valence-electron chi connectivity index (χ4n) is 2.10. The molecule has 0 radical (unpaired) electrons. The van der Waals surface area contributed by atoms with E-state index >= 15 is 0 Å². The Balaban J connectivity index is 1.89. The Hall–Kier alpha value is -2.73. The van der Waals surface area contributed by atoms with Crippen molar-refractivity contribution in [1.82, 2.24) is 5.32 Å².